The first-order valence-corrected chi connectivity index (χ1v) is 9.85. The molecule has 0 saturated carbocycles. The molecule has 2 aliphatic heterocycles. The Morgan fingerprint density at radius 2 is 2.04 bits per heavy atom. The van der Waals surface area contributed by atoms with E-state index in [0.29, 0.717) is 6.10 Å². The van der Waals surface area contributed by atoms with Crippen molar-refractivity contribution in [2.45, 2.75) is 51.3 Å². The van der Waals surface area contributed by atoms with Crippen molar-refractivity contribution < 1.29 is 4.74 Å². The summed E-state index contributed by atoms with van der Waals surface area (Å²) in [7, 11) is 0. The Morgan fingerprint density at radius 1 is 1.12 bits per heavy atom. The van der Waals surface area contributed by atoms with Gasteiger partial charge in [0, 0.05) is 54.5 Å². The van der Waals surface area contributed by atoms with Crippen molar-refractivity contribution in [1.29, 1.82) is 0 Å². The zero-order valence-corrected chi connectivity index (χ0v) is 15.2. The van der Waals surface area contributed by atoms with Crippen LogP contribution >= 0.6 is 0 Å². The van der Waals surface area contributed by atoms with E-state index in [1.165, 1.54) is 35.9 Å². The summed E-state index contributed by atoms with van der Waals surface area (Å²) in [6, 6.07) is 8.34. The Bertz CT molecular complexity index is 888. The molecule has 0 radical (unpaired) electrons. The van der Waals surface area contributed by atoms with Gasteiger partial charge in [-0.2, -0.15) is 5.10 Å². The minimum absolute atomic E-state index is 0.313. The molecule has 5 rings (SSSR count). The maximum absolute atomic E-state index is 6.34. The molecular formula is C21H26N4O. The molecule has 0 bridgehead atoms. The van der Waals surface area contributed by atoms with Crippen LogP contribution < -0.4 is 4.74 Å². The smallest absolute Gasteiger partial charge is 0.129 e. The van der Waals surface area contributed by atoms with Gasteiger partial charge in [0.05, 0.1) is 6.20 Å². The molecule has 2 aliphatic rings. The molecular weight excluding hydrogens is 324 g/mol. The number of piperidine rings is 1. The second-order valence-corrected chi connectivity index (χ2v) is 7.59. The molecule has 0 atom stereocenters. The second kappa shape index (κ2) is 6.80. The highest BCUT2D eigenvalue weighted by Gasteiger charge is 2.23. The highest BCUT2D eigenvalue weighted by molar-refractivity contribution is 5.85. The molecule has 5 heteroatoms. The van der Waals surface area contributed by atoms with E-state index < -0.39 is 0 Å². The lowest BCUT2D eigenvalue weighted by atomic mass is 10.0. The number of nitrogens with one attached hydrogen (secondary N) is 1. The predicted octanol–water partition coefficient (Wildman–Crippen LogP) is 3.74. The molecule has 136 valence electrons. The lowest BCUT2D eigenvalue weighted by Crippen LogP contribution is -2.38. The molecule has 1 fully saturated rings. The Labute approximate surface area is 153 Å². The molecule has 1 N–H and O–H groups in total. The number of ether oxygens (including phenoxy) is 1. The molecule has 3 aromatic rings. The summed E-state index contributed by atoms with van der Waals surface area (Å²) in [4.78, 5) is 5.82. The van der Waals surface area contributed by atoms with Crippen LogP contribution in [0.2, 0.25) is 0 Å². The van der Waals surface area contributed by atoms with Crippen molar-refractivity contribution in [2.24, 2.45) is 0 Å². The Kier molecular flexibility index (Phi) is 4.17. The van der Waals surface area contributed by atoms with E-state index in [1.807, 2.05) is 6.20 Å². The van der Waals surface area contributed by atoms with Gasteiger partial charge in [-0.3, -0.25) is 9.58 Å². The summed E-state index contributed by atoms with van der Waals surface area (Å²) >= 11 is 0. The van der Waals surface area contributed by atoms with E-state index in [4.69, 9.17) is 4.74 Å². The van der Waals surface area contributed by atoms with Crippen LogP contribution in [0, 0.1) is 0 Å². The van der Waals surface area contributed by atoms with Crippen molar-refractivity contribution in [3.63, 3.8) is 0 Å². The van der Waals surface area contributed by atoms with Crippen molar-refractivity contribution in [3.05, 3.63) is 47.9 Å². The third-order valence-corrected chi connectivity index (χ3v) is 5.85. The molecule has 4 heterocycles. The van der Waals surface area contributed by atoms with Gasteiger partial charge in [-0.25, -0.2) is 0 Å². The van der Waals surface area contributed by atoms with Gasteiger partial charge in [0.15, 0.2) is 0 Å². The van der Waals surface area contributed by atoms with E-state index >= 15 is 0 Å². The summed E-state index contributed by atoms with van der Waals surface area (Å²) < 4.78 is 8.55. The fourth-order valence-electron chi connectivity index (χ4n) is 4.38. The number of nitrogens with zero attached hydrogens (tertiary/aromatic N) is 3. The number of fused-ring (bicyclic) bond motifs is 2. The standard InChI is InChI=1S/C21H26N4O/c1-2-11-25-20(5-1)16(14-23-25)15-24-12-8-17(9-13-24)26-21-6-3-4-19-18(21)7-10-22-19/h3-4,6-7,10,14,17,22H,1-2,5,8-9,11-13,15H2. The first kappa shape index (κ1) is 15.9. The average molecular weight is 350 g/mol. The number of aryl methyl sites for hydroxylation is 1. The molecule has 1 aromatic carbocycles. The number of H-pyrrole nitrogens is 1. The fraction of sp³-hybridized carbons (Fsp3) is 0.476. The van der Waals surface area contributed by atoms with Crippen molar-refractivity contribution in [3.8, 4) is 5.75 Å². The quantitative estimate of drug-likeness (QED) is 0.780. The molecule has 1 saturated heterocycles. The first-order chi connectivity index (χ1) is 12.9. The summed E-state index contributed by atoms with van der Waals surface area (Å²) in [6.45, 7) is 4.32. The number of likely N-dealkylation sites (tertiary alicyclic amines) is 1. The van der Waals surface area contributed by atoms with E-state index in [-0.39, 0.29) is 0 Å². The lowest BCUT2D eigenvalue weighted by Gasteiger charge is -2.32. The van der Waals surface area contributed by atoms with Crippen molar-refractivity contribution in [2.75, 3.05) is 13.1 Å². The number of aromatic amines is 1. The van der Waals surface area contributed by atoms with Crippen LogP contribution in [0.4, 0.5) is 0 Å². The van der Waals surface area contributed by atoms with Gasteiger partial charge in [0.1, 0.15) is 11.9 Å². The summed E-state index contributed by atoms with van der Waals surface area (Å²) in [5, 5.41) is 5.76. The average Bonchev–Trinajstić information content (AvgIpc) is 3.31. The Balaban J connectivity index is 1.20. The molecule has 0 unspecified atom stereocenters. The van der Waals surface area contributed by atoms with E-state index in [0.717, 1.165) is 50.3 Å². The Hall–Kier alpha value is -2.27. The molecule has 0 spiro atoms. The largest absolute Gasteiger partial charge is 0.490 e. The molecule has 26 heavy (non-hydrogen) atoms. The first-order valence-electron chi connectivity index (χ1n) is 9.85. The van der Waals surface area contributed by atoms with Gasteiger partial charge in [-0.1, -0.05) is 6.07 Å². The highest BCUT2D eigenvalue weighted by atomic mass is 16.5. The minimum atomic E-state index is 0.313. The highest BCUT2D eigenvalue weighted by Crippen LogP contribution is 2.28. The molecule has 2 aromatic heterocycles. The lowest BCUT2D eigenvalue weighted by molar-refractivity contribution is 0.0978. The maximum atomic E-state index is 6.34. The SMILES string of the molecule is c1cc(OC2CCN(Cc3cnn4c3CCCC4)CC2)c2cc[nH]c2c1. The van der Waals surface area contributed by atoms with E-state index in [1.54, 1.807) is 0 Å². The van der Waals surface area contributed by atoms with Crippen LogP contribution in [-0.4, -0.2) is 38.9 Å². The van der Waals surface area contributed by atoms with Crippen LogP contribution in [0.5, 0.6) is 5.75 Å². The second-order valence-electron chi connectivity index (χ2n) is 7.59. The summed E-state index contributed by atoms with van der Waals surface area (Å²) in [6.07, 6.45) is 10.3. The fourth-order valence-corrected chi connectivity index (χ4v) is 4.38. The van der Waals surface area contributed by atoms with Gasteiger partial charge in [-0.15, -0.1) is 0 Å². The number of aromatic nitrogens is 3. The van der Waals surface area contributed by atoms with Gasteiger partial charge < -0.3 is 9.72 Å². The van der Waals surface area contributed by atoms with Gasteiger partial charge in [0.25, 0.3) is 0 Å². The third-order valence-electron chi connectivity index (χ3n) is 5.85. The van der Waals surface area contributed by atoms with E-state index in [9.17, 15) is 0 Å². The number of benzene rings is 1. The molecule has 0 amide bonds. The van der Waals surface area contributed by atoms with Gasteiger partial charge >= 0.3 is 0 Å². The Morgan fingerprint density at radius 3 is 2.96 bits per heavy atom. The number of hydrogen-bond acceptors (Lipinski definition) is 3. The monoisotopic (exact) mass is 350 g/mol. The number of hydrogen-bond donors (Lipinski definition) is 1. The van der Waals surface area contributed by atoms with Crippen LogP contribution in [0.3, 0.4) is 0 Å². The third kappa shape index (κ3) is 3.01. The summed E-state index contributed by atoms with van der Waals surface area (Å²) in [5.41, 5.74) is 4.04. The molecule has 5 nitrogen and oxygen atoms in total. The zero-order chi connectivity index (χ0) is 17.3. The normalized spacial score (nSPS) is 18.9. The van der Waals surface area contributed by atoms with Crippen LogP contribution in [0.1, 0.15) is 36.9 Å². The minimum Gasteiger partial charge on any atom is -0.490 e. The van der Waals surface area contributed by atoms with Crippen molar-refractivity contribution >= 4 is 10.9 Å². The summed E-state index contributed by atoms with van der Waals surface area (Å²) in [5.74, 6) is 1.01. The predicted molar refractivity (Wildman–Crippen MR) is 102 cm³/mol. The van der Waals surface area contributed by atoms with E-state index in [2.05, 4.69) is 50.1 Å². The number of rotatable bonds is 4. The van der Waals surface area contributed by atoms with Crippen molar-refractivity contribution in [1.82, 2.24) is 19.7 Å². The van der Waals surface area contributed by atoms with Gasteiger partial charge in [0.2, 0.25) is 0 Å². The molecule has 0 aliphatic carbocycles. The van der Waals surface area contributed by atoms with Gasteiger partial charge in [-0.05, 0) is 50.3 Å². The topological polar surface area (TPSA) is 46.1 Å². The van der Waals surface area contributed by atoms with Crippen LogP contribution in [0.15, 0.2) is 36.7 Å². The van der Waals surface area contributed by atoms with Crippen LogP contribution in [-0.2, 0) is 19.5 Å². The van der Waals surface area contributed by atoms with Crippen LogP contribution in [0.25, 0.3) is 10.9 Å². The zero-order valence-electron chi connectivity index (χ0n) is 15.2. The maximum Gasteiger partial charge on any atom is 0.129 e.